The van der Waals surface area contributed by atoms with E-state index in [0.29, 0.717) is 0 Å². The molecule has 0 saturated heterocycles. The smallest absolute Gasteiger partial charge is 0.00259 e. The van der Waals surface area contributed by atoms with E-state index in [1.807, 2.05) is 0 Å². The Labute approximate surface area is 222 Å². The third-order valence-electron chi connectivity index (χ3n) is 8.02. The SMILES string of the molecule is c1ccc(-c2ccc(-c3ccc(-c4cc5c6c(cccc6c4)-c4ccccc4-5)cc3)c3ccccc23)cc1. The molecule has 0 radical (unpaired) electrons. The third-order valence-corrected chi connectivity index (χ3v) is 8.02. The van der Waals surface area contributed by atoms with Crippen LogP contribution in [0.2, 0.25) is 0 Å². The van der Waals surface area contributed by atoms with Crippen molar-refractivity contribution >= 4 is 21.5 Å². The van der Waals surface area contributed by atoms with Crippen molar-refractivity contribution in [1.29, 1.82) is 0 Å². The molecule has 1 aliphatic carbocycles. The van der Waals surface area contributed by atoms with E-state index in [1.54, 1.807) is 0 Å². The number of hydrogen-bond donors (Lipinski definition) is 0. The lowest BCUT2D eigenvalue weighted by atomic mass is 9.91. The van der Waals surface area contributed by atoms with Gasteiger partial charge in [0.15, 0.2) is 0 Å². The summed E-state index contributed by atoms with van der Waals surface area (Å²) in [5.74, 6) is 0. The van der Waals surface area contributed by atoms with Crippen molar-refractivity contribution in [3.63, 3.8) is 0 Å². The van der Waals surface area contributed by atoms with Gasteiger partial charge in [-0.15, -0.1) is 0 Å². The molecule has 8 rings (SSSR count). The van der Waals surface area contributed by atoms with Crippen molar-refractivity contribution in [2.24, 2.45) is 0 Å². The van der Waals surface area contributed by atoms with Crippen molar-refractivity contribution in [1.82, 2.24) is 0 Å². The molecule has 7 aromatic carbocycles. The van der Waals surface area contributed by atoms with Crippen LogP contribution in [0.5, 0.6) is 0 Å². The molecule has 0 nitrogen and oxygen atoms in total. The van der Waals surface area contributed by atoms with Gasteiger partial charge in [0.2, 0.25) is 0 Å². The molecule has 0 N–H and O–H groups in total. The van der Waals surface area contributed by atoms with Crippen LogP contribution in [0, 0.1) is 0 Å². The van der Waals surface area contributed by atoms with Crippen molar-refractivity contribution in [3.8, 4) is 55.6 Å². The van der Waals surface area contributed by atoms with Crippen LogP contribution in [0.15, 0.2) is 146 Å². The summed E-state index contributed by atoms with van der Waals surface area (Å²) in [6.45, 7) is 0. The van der Waals surface area contributed by atoms with E-state index < -0.39 is 0 Å². The average Bonchev–Trinajstić information content (AvgIpc) is 3.32. The van der Waals surface area contributed by atoms with Crippen LogP contribution >= 0.6 is 0 Å². The fourth-order valence-electron chi connectivity index (χ4n) is 6.25. The van der Waals surface area contributed by atoms with Gasteiger partial charge >= 0.3 is 0 Å². The maximum absolute atomic E-state index is 2.37. The fourth-order valence-corrected chi connectivity index (χ4v) is 6.25. The van der Waals surface area contributed by atoms with E-state index in [9.17, 15) is 0 Å². The monoisotopic (exact) mass is 480 g/mol. The first kappa shape index (κ1) is 21.2. The predicted octanol–water partition coefficient (Wildman–Crippen LogP) is 10.6. The molecule has 0 aromatic heterocycles. The summed E-state index contributed by atoms with van der Waals surface area (Å²) in [5, 5.41) is 5.24. The predicted molar refractivity (Wildman–Crippen MR) is 162 cm³/mol. The average molecular weight is 481 g/mol. The summed E-state index contributed by atoms with van der Waals surface area (Å²) < 4.78 is 0. The summed E-state index contributed by atoms with van der Waals surface area (Å²) in [6.07, 6.45) is 0. The van der Waals surface area contributed by atoms with Crippen LogP contribution in [-0.4, -0.2) is 0 Å². The van der Waals surface area contributed by atoms with Gasteiger partial charge in [0.1, 0.15) is 0 Å². The minimum atomic E-state index is 1.24. The van der Waals surface area contributed by atoms with Gasteiger partial charge < -0.3 is 0 Å². The Kier molecular flexibility index (Phi) is 4.62. The Hall–Kier alpha value is -4.94. The van der Waals surface area contributed by atoms with Crippen LogP contribution in [0.25, 0.3) is 77.2 Å². The standard InChI is InChI=1S/C38H24/c1-2-9-26(10-3-1)30-21-22-31(33-13-5-4-12-32(30)33)27-19-17-25(18-20-27)29-23-28-11-8-16-36-34-14-6-7-15-35(34)37(24-29)38(28)36/h1-24H. The largest absolute Gasteiger partial charge is 0.0622 e. The molecule has 0 bridgehead atoms. The van der Waals surface area contributed by atoms with Gasteiger partial charge in [-0.25, -0.2) is 0 Å². The first-order chi connectivity index (χ1) is 18.8. The molecule has 0 amide bonds. The number of hydrogen-bond acceptors (Lipinski definition) is 0. The zero-order chi connectivity index (χ0) is 25.1. The highest BCUT2D eigenvalue weighted by Crippen LogP contribution is 2.48. The molecular formula is C38H24. The summed E-state index contributed by atoms with van der Waals surface area (Å²) >= 11 is 0. The topological polar surface area (TPSA) is 0 Å². The zero-order valence-corrected chi connectivity index (χ0v) is 20.9. The van der Waals surface area contributed by atoms with Crippen LogP contribution in [0.3, 0.4) is 0 Å². The highest BCUT2D eigenvalue weighted by atomic mass is 14.2. The van der Waals surface area contributed by atoms with Crippen molar-refractivity contribution in [2.45, 2.75) is 0 Å². The maximum atomic E-state index is 2.37. The van der Waals surface area contributed by atoms with E-state index in [0.717, 1.165) is 0 Å². The van der Waals surface area contributed by atoms with Gasteiger partial charge in [-0.3, -0.25) is 0 Å². The van der Waals surface area contributed by atoms with E-state index in [1.165, 1.54) is 77.2 Å². The van der Waals surface area contributed by atoms with Crippen molar-refractivity contribution in [2.75, 3.05) is 0 Å². The van der Waals surface area contributed by atoms with E-state index >= 15 is 0 Å². The zero-order valence-electron chi connectivity index (χ0n) is 20.9. The quantitative estimate of drug-likeness (QED) is 0.236. The lowest BCUT2D eigenvalue weighted by Crippen LogP contribution is -1.87. The first-order valence-corrected chi connectivity index (χ1v) is 13.2. The molecule has 1 aliphatic rings. The van der Waals surface area contributed by atoms with Crippen LogP contribution < -0.4 is 0 Å². The summed E-state index contributed by atoms with van der Waals surface area (Å²) in [6, 6.07) is 53.2. The molecule has 176 valence electrons. The first-order valence-electron chi connectivity index (χ1n) is 13.2. The Morgan fingerprint density at radius 3 is 1.53 bits per heavy atom. The molecule has 0 aliphatic heterocycles. The van der Waals surface area contributed by atoms with Crippen molar-refractivity contribution in [3.05, 3.63) is 146 Å². The number of benzene rings is 7. The molecule has 0 unspecified atom stereocenters. The van der Waals surface area contributed by atoms with E-state index in [4.69, 9.17) is 0 Å². The van der Waals surface area contributed by atoms with Gasteiger partial charge in [0.05, 0.1) is 0 Å². The Morgan fingerprint density at radius 2 is 0.816 bits per heavy atom. The van der Waals surface area contributed by atoms with Gasteiger partial charge in [-0.2, -0.15) is 0 Å². The van der Waals surface area contributed by atoms with Gasteiger partial charge in [0, 0.05) is 0 Å². The highest BCUT2D eigenvalue weighted by Gasteiger charge is 2.21. The molecule has 0 heterocycles. The minimum absolute atomic E-state index is 1.24. The van der Waals surface area contributed by atoms with Gasteiger partial charge in [-0.1, -0.05) is 133 Å². The second-order valence-corrected chi connectivity index (χ2v) is 10.1. The van der Waals surface area contributed by atoms with Crippen LogP contribution in [-0.2, 0) is 0 Å². The number of fused-ring (bicyclic) bond motifs is 4. The van der Waals surface area contributed by atoms with Gasteiger partial charge in [-0.05, 0) is 89.3 Å². The summed E-state index contributed by atoms with van der Waals surface area (Å²) in [4.78, 5) is 0. The molecular weight excluding hydrogens is 456 g/mol. The molecule has 38 heavy (non-hydrogen) atoms. The van der Waals surface area contributed by atoms with Crippen LogP contribution in [0.1, 0.15) is 0 Å². The minimum Gasteiger partial charge on any atom is -0.0622 e. The van der Waals surface area contributed by atoms with E-state index in [2.05, 4.69) is 146 Å². The number of rotatable bonds is 3. The Bertz CT molecular complexity index is 1990. The molecule has 0 atom stereocenters. The lowest BCUT2D eigenvalue weighted by molar-refractivity contribution is 1.61. The van der Waals surface area contributed by atoms with Crippen molar-refractivity contribution < 1.29 is 0 Å². The van der Waals surface area contributed by atoms with Gasteiger partial charge in [0.25, 0.3) is 0 Å². The summed E-state index contributed by atoms with van der Waals surface area (Å²) in [7, 11) is 0. The highest BCUT2D eigenvalue weighted by molar-refractivity contribution is 6.16. The van der Waals surface area contributed by atoms with E-state index in [-0.39, 0.29) is 0 Å². The van der Waals surface area contributed by atoms with Crippen LogP contribution in [0.4, 0.5) is 0 Å². The Morgan fingerprint density at radius 1 is 0.263 bits per heavy atom. The molecule has 0 heteroatoms. The fraction of sp³-hybridized carbons (Fsp3) is 0. The summed E-state index contributed by atoms with van der Waals surface area (Å²) in [5.41, 5.74) is 12.9. The Balaban J connectivity index is 1.23. The molecule has 0 fully saturated rings. The molecule has 0 saturated carbocycles. The second-order valence-electron chi connectivity index (χ2n) is 10.1. The molecule has 7 aromatic rings. The lowest BCUT2D eigenvalue weighted by Gasteiger charge is -2.13. The molecule has 0 spiro atoms. The second kappa shape index (κ2) is 8.30. The normalized spacial score (nSPS) is 11.7. The third kappa shape index (κ3) is 3.17. The maximum Gasteiger partial charge on any atom is -0.00259 e.